The predicted molar refractivity (Wildman–Crippen MR) is 41.9 cm³/mol. The molecule has 0 saturated heterocycles. The fourth-order valence-electron chi connectivity index (χ4n) is 0.555. The quantitative estimate of drug-likeness (QED) is 0.429. The van der Waals surface area contributed by atoms with Crippen LogP contribution in [-0.2, 0) is 9.59 Å². The zero-order valence-corrected chi connectivity index (χ0v) is 6.28. The Bertz CT molecular complexity index is 253. The summed E-state index contributed by atoms with van der Waals surface area (Å²) >= 11 is 0. The highest BCUT2D eigenvalue weighted by atomic mass is 16.4. The van der Waals surface area contributed by atoms with Crippen LogP contribution in [0.15, 0.2) is 0 Å². The van der Waals surface area contributed by atoms with Crippen LogP contribution in [0.3, 0.4) is 0 Å². The topological polar surface area (TPSA) is 57.6 Å². The van der Waals surface area contributed by atoms with Gasteiger partial charge in [0.25, 0.3) is 0 Å². The number of carbonyl (C=O) groups is 2. The summed E-state index contributed by atoms with van der Waals surface area (Å²) in [6, 6.07) is 0. The fraction of sp³-hybridized carbons (Fsp3) is 0.250. The molecule has 0 bridgehead atoms. The molecule has 1 N–H and O–H groups in total. The van der Waals surface area contributed by atoms with Gasteiger partial charge < -0.3 is 10.0 Å². The molecule has 0 aliphatic carbocycles. The van der Waals surface area contributed by atoms with E-state index in [1.54, 1.807) is 0 Å². The highest BCUT2D eigenvalue weighted by molar-refractivity contribution is 6.31. The first kappa shape index (κ1) is 10.1. The Balaban J connectivity index is 4.33. The number of amides is 1. The van der Waals surface area contributed by atoms with E-state index >= 15 is 0 Å². The van der Waals surface area contributed by atoms with Gasteiger partial charge in [-0.1, -0.05) is 11.8 Å². The monoisotopic (exact) mass is 165 g/mol. The Morgan fingerprint density at radius 3 is 1.92 bits per heavy atom. The van der Waals surface area contributed by atoms with E-state index in [-0.39, 0.29) is 13.1 Å². The van der Waals surface area contributed by atoms with E-state index in [1.165, 1.54) is 0 Å². The third kappa shape index (κ3) is 2.76. The lowest BCUT2D eigenvalue weighted by Crippen LogP contribution is -2.36. The molecule has 0 aliphatic heterocycles. The molecule has 0 unspecified atom stereocenters. The first-order valence-corrected chi connectivity index (χ1v) is 3.02. The van der Waals surface area contributed by atoms with Crippen molar-refractivity contribution in [3.05, 3.63) is 0 Å². The normalized spacial score (nSPS) is 7.83. The molecule has 1 amide bonds. The fourth-order valence-corrected chi connectivity index (χ4v) is 0.555. The van der Waals surface area contributed by atoms with Crippen molar-refractivity contribution in [2.45, 2.75) is 0 Å². The van der Waals surface area contributed by atoms with Gasteiger partial charge in [0.05, 0.1) is 13.1 Å². The van der Waals surface area contributed by atoms with Crippen LogP contribution in [0.2, 0.25) is 0 Å². The minimum atomic E-state index is -1.56. The lowest BCUT2D eigenvalue weighted by atomic mass is 10.4. The third-order valence-corrected chi connectivity index (χ3v) is 1.03. The van der Waals surface area contributed by atoms with Gasteiger partial charge in [0.2, 0.25) is 0 Å². The number of carboxylic acid groups (broad SMARTS) is 1. The molecule has 0 spiro atoms. The largest absolute Gasteiger partial charge is 0.474 e. The summed E-state index contributed by atoms with van der Waals surface area (Å²) in [4.78, 5) is 21.8. The van der Waals surface area contributed by atoms with Gasteiger partial charge in [0, 0.05) is 0 Å². The van der Waals surface area contributed by atoms with Crippen LogP contribution in [0, 0.1) is 24.7 Å². The number of carbonyl (C=O) groups excluding carboxylic acids is 1. The molecule has 12 heavy (non-hydrogen) atoms. The molecule has 0 aromatic heterocycles. The molecule has 0 aliphatic rings. The second-order valence-electron chi connectivity index (χ2n) is 1.87. The molecule has 4 heteroatoms. The van der Waals surface area contributed by atoms with E-state index in [2.05, 4.69) is 11.8 Å². The van der Waals surface area contributed by atoms with Crippen LogP contribution in [0.4, 0.5) is 0 Å². The average molecular weight is 165 g/mol. The summed E-state index contributed by atoms with van der Waals surface area (Å²) in [6.45, 7) is -0.176. The van der Waals surface area contributed by atoms with Crippen LogP contribution >= 0.6 is 0 Å². The molecule has 0 aromatic carbocycles. The van der Waals surface area contributed by atoms with Crippen molar-refractivity contribution in [1.29, 1.82) is 0 Å². The van der Waals surface area contributed by atoms with Crippen molar-refractivity contribution in [2.75, 3.05) is 13.1 Å². The second-order valence-corrected chi connectivity index (χ2v) is 1.87. The van der Waals surface area contributed by atoms with Crippen LogP contribution in [0.5, 0.6) is 0 Å². The van der Waals surface area contributed by atoms with Crippen molar-refractivity contribution in [2.24, 2.45) is 0 Å². The van der Waals surface area contributed by atoms with Crippen molar-refractivity contribution in [3.8, 4) is 24.7 Å². The lowest BCUT2D eigenvalue weighted by molar-refractivity contribution is -0.155. The number of aliphatic carboxylic acids is 1. The Kier molecular flexibility index (Phi) is 4.03. The molecule has 0 saturated carbocycles. The highest BCUT2D eigenvalue weighted by Crippen LogP contribution is 1.87. The standard InChI is InChI=1S/C8H7NO3/c1-3-5-9(6-4-2)7(10)8(11)12/h1-2H,5-6H2,(H,11,12). The molecular weight excluding hydrogens is 158 g/mol. The maximum absolute atomic E-state index is 10.8. The summed E-state index contributed by atoms with van der Waals surface area (Å²) in [7, 11) is 0. The maximum Gasteiger partial charge on any atom is 0.394 e. The van der Waals surface area contributed by atoms with E-state index in [0.717, 1.165) is 4.90 Å². The SMILES string of the molecule is C#CCN(CC#C)C(=O)C(=O)O. The number of hydrogen-bond donors (Lipinski definition) is 1. The third-order valence-electron chi connectivity index (χ3n) is 1.03. The molecular formula is C8H7NO3. The lowest BCUT2D eigenvalue weighted by Gasteiger charge is -2.13. The summed E-state index contributed by atoms with van der Waals surface area (Å²) in [6.07, 6.45) is 9.78. The molecule has 0 rings (SSSR count). The Hall–Kier alpha value is -1.94. The molecule has 0 heterocycles. The molecule has 0 radical (unpaired) electrons. The number of carboxylic acids is 1. The van der Waals surface area contributed by atoms with E-state index < -0.39 is 11.9 Å². The van der Waals surface area contributed by atoms with Gasteiger partial charge in [0.1, 0.15) is 0 Å². The first-order valence-electron chi connectivity index (χ1n) is 3.02. The predicted octanol–water partition coefficient (Wildman–Crippen LogP) is -0.834. The van der Waals surface area contributed by atoms with E-state index in [0.29, 0.717) is 0 Å². The Labute approximate surface area is 70.2 Å². The van der Waals surface area contributed by atoms with E-state index in [9.17, 15) is 9.59 Å². The molecule has 62 valence electrons. The van der Waals surface area contributed by atoms with Gasteiger partial charge >= 0.3 is 11.9 Å². The summed E-state index contributed by atoms with van der Waals surface area (Å²) < 4.78 is 0. The molecule has 0 atom stereocenters. The summed E-state index contributed by atoms with van der Waals surface area (Å²) in [5.74, 6) is 1.64. The molecule has 4 nitrogen and oxygen atoms in total. The van der Waals surface area contributed by atoms with Crippen molar-refractivity contribution in [3.63, 3.8) is 0 Å². The van der Waals surface area contributed by atoms with Gasteiger partial charge in [-0.3, -0.25) is 4.79 Å². The van der Waals surface area contributed by atoms with Gasteiger partial charge in [0.15, 0.2) is 0 Å². The smallest absolute Gasteiger partial charge is 0.394 e. The van der Waals surface area contributed by atoms with Crippen LogP contribution in [0.25, 0.3) is 0 Å². The zero-order valence-electron chi connectivity index (χ0n) is 6.28. The first-order chi connectivity index (χ1) is 5.63. The summed E-state index contributed by atoms with van der Waals surface area (Å²) in [5.41, 5.74) is 0. The average Bonchev–Trinajstić information content (AvgIpc) is 2.03. The van der Waals surface area contributed by atoms with E-state index in [1.807, 2.05) is 0 Å². The van der Waals surface area contributed by atoms with Crippen LogP contribution < -0.4 is 0 Å². The van der Waals surface area contributed by atoms with Crippen molar-refractivity contribution < 1.29 is 14.7 Å². The Morgan fingerprint density at radius 1 is 1.25 bits per heavy atom. The number of terminal acetylenes is 2. The van der Waals surface area contributed by atoms with Crippen LogP contribution in [-0.4, -0.2) is 35.0 Å². The van der Waals surface area contributed by atoms with Gasteiger partial charge in [-0.15, -0.1) is 12.8 Å². The van der Waals surface area contributed by atoms with Gasteiger partial charge in [-0.25, -0.2) is 4.79 Å². The Morgan fingerprint density at radius 2 is 1.67 bits per heavy atom. The number of hydrogen-bond acceptors (Lipinski definition) is 2. The number of nitrogens with zero attached hydrogens (tertiary/aromatic N) is 1. The minimum Gasteiger partial charge on any atom is -0.474 e. The highest BCUT2D eigenvalue weighted by Gasteiger charge is 2.18. The van der Waals surface area contributed by atoms with Gasteiger partial charge in [-0.2, -0.15) is 0 Å². The zero-order chi connectivity index (χ0) is 9.56. The minimum absolute atomic E-state index is 0.0880. The van der Waals surface area contributed by atoms with Crippen LogP contribution in [0.1, 0.15) is 0 Å². The molecule has 0 aromatic rings. The van der Waals surface area contributed by atoms with Crippen molar-refractivity contribution in [1.82, 2.24) is 4.90 Å². The second kappa shape index (κ2) is 4.81. The maximum atomic E-state index is 10.8. The van der Waals surface area contributed by atoms with Crippen molar-refractivity contribution >= 4 is 11.9 Å². The van der Waals surface area contributed by atoms with E-state index in [4.69, 9.17) is 18.0 Å². The molecule has 0 fully saturated rings. The summed E-state index contributed by atoms with van der Waals surface area (Å²) in [5, 5.41) is 8.28. The number of rotatable bonds is 2. The van der Waals surface area contributed by atoms with Gasteiger partial charge in [-0.05, 0) is 0 Å².